The smallest absolute Gasteiger partial charge is 0.254 e. The van der Waals surface area contributed by atoms with Gasteiger partial charge in [-0.3, -0.25) is 9.59 Å². The minimum absolute atomic E-state index is 0.0854. The first kappa shape index (κ1) is 15.8. The maximum atomic E-state index is 12.7. The maximum Gasteiger partial charge on any atom is 0.254 e. The van der Waals surface area contributed by atoms with Crippen molar-refractivity contribution in [3.05, 3.63) is 29.3 Å². The molecular formula is C17H23N3O3. The van der Waals surface area contributed by atoms with Gasteiger partial charge < -0.3 is 20.6 Å². The van der Waals surface area contributed by atoms with E-state index in [-0.39, 0.29) is 23.4 Å². The van der Waals surface area contributed by atoms with E-state index in [2.05, 4.69) is 31.4 Å². The molecule has 0 aliphatic carbocycles. The van der Waals surface area contributed by atoms with E-state index in [0.717, 1.165) is 11.3 Å². The van der Waals surface area contributed by atoms with Gasteiger partial charge >= 0.3 is 0 Å². The highest BCUT2D eigenvalue weighted by atomic mass is 16.3. The summed E-state index contributed by atoms with van der Waals surface area (Å²) >= 11 is 0. The number of aliphatic hydroxyl groups excluding tert-OH is 1. The predicted octanol–water partition coefficient (Wildman–Crippen LogP) is 1.45. The second-order valence-corrected chi connectivity index (χ2v) is 7.26. The maximum absolute atomic E-state index is 12.7. The fraction of sp³-hybridized carbons (Fsp3) is 0.529. The molecule has 2 amide bonds. The molecule has 6 nitrogen and oxygen atoms in total. The molecule has 1 fully saturated rings. The molecule has 0 saturated carbocycles. The monoisotopic (exact) mass is 317 g/mol. The highest BCUT2D eigenvalue weighted by Crippen LogP contribution is 2.33. The number of carbonyl (C=O) groups excluding carboxylic acids is 2. The number of nitrogens with one attached hydrogen (secondary N) is 2. The van der Waals surface area contributed by atoms with E-state index in [1.807, 2.05) is 18.2 Å². The van der Waals surface area contributed by atoms with Gasteiger partial charge in [-0.25, -0.2) is 0 Å². The van der Waals surface area contributed by atoms with Crippen molar-refractivity contribution >= 4 is 17.5 Å². The van der Waals surface area contributed by atoms with Crippen molar-refractivity contribution in [3.63, 3.8) is 0 Å². The number of hydrogen-bond acceptors (Lipinski definition) is 4. The van der Waals surface area contributed by atoms with Crippen molar-refractivity contribution in [2.75, 3.05) is 5.32 Å². The average Bonchev–Trinajstić information content (AvgIpc) is 2.76. The molecule has 0 bridgehead atoms. The van der Waals surface area contributed by atoms with Crippen LogP contribution in [-0.4, -0.2) is 39.6 Å². The number of amides is 2. The van der Waals surface area contributed by atoms with E-state index in [1.165, 1.54) is 0 Å². The molecule has 3 N–H and O–H groups in total. The first-order valence-electron chi connectivity index (χ1n) is 7.95. The van der Waals surface area contributed by atoms with Crippen LogP contribution in [-0.2, 0) is 11.3 Å². The summed E-state index contributed by atoms with van der Waals surface area (Å²) in [5.41, 5.74) is 2.46. The molecule has 2 heterocycles. The van der Waals surface area contributed by atoms with Crippen LogP contribution < -0.4 is 10.6 Å². The summed E-state index contributed by atoms with van der Waals surface area (Å²) in [6.07, 6.45) is -0.197. The Morgan fingerprint density at radius 3 is 2.70 bits per heavy atom. The van der Waals surface area contributed by atoms with Crippen LogP contribution in [0.5, 0.6) is 0 Å². The topological polar surface area (TPSA) is 81.7 Å². The lowest BCUT2D eigenvalue weighted by Crippen LogP contribution is -2.55. The molecule has 23 heavy (non-hydrogen) atoms. The lowest BCUT2D eigenvalue weighted by Gasteiger charge is -2.35. The summed E-state index contributed by atoms with van der Waals surface area (Å²) in [6, 6.07) is 5.28. The van der Waals surface area contributed by atoms with E-state index in [9.17, 15) is 14.7 Å². The van der Waals surface area contributed by atoms with E-state index in [1.54, 1.807) is 4.90 Å². The highest BCUT2D eigenvalue weighted by molar-refractivity contribution is 6.00. The van der Waals surface area contributed by atoms with Crippen molar-refractivity contribution in [1.82, 2.24) is 10.2 Å². The standard InChI is InChI=1S/C17H23N3O3/c1-17(2,3)19-12-6-4-5-10-11(12)9-20(16(10)23)13-7-8-14(21)18-15(13)22/h4-6,13,15,19,22H,7-9H2,1-3H3,(H,18,21). The molecule has 124 valence electrons. The fourth-order valence-corrected chi connectivity index (χ4v) is 3.24. The predicted molar refractivity (Wildman–Crippen MR) is 86.9 cm³/mol. The molecule has 0 radical (unpaired) electrons. The first-order valence-corrected chi connectivity index (χ1v) is 7.95. The Labute approximate surface area is 135 Å². The van der Waals surface area contributed by atoms with Gasteiger partial charge in [0.25, 0.3) is 5.91 Å². The van der Waals surface area contributed by atoms with Crippen molar-refractivity contribution in [1.29, 1.82) is 0 Å². The lowest BCUT2D eigenvalue weighted by atomic mass is 10.0. The van der Waals surface area contributed by atoms with Crippen LogP contribution in [0.1, 0.15) is 49.5 Å². The molecule has 0 aromatic heterocycles. The Kier molecular flexibility index (Phi) is 3.80. The second kappa shape index (κ2) is 5.53. The van der Waals surface area contributed by atoms with Crippen molar-refractivity contribution in [3.8, 4) is 0 Å². The number of carbonyl (C=O) groups is 2. The third kappa shape index (κ3) is 3.03. The summed E-state index contributed by atoms with van der Waals surface area (Å²) in [7, 11) is 0. The van der Waals surface area contributed by atoms with Gasteiger partial charge in [-0.15, -0.1) is 0 Å². The number of nitrogens with zero attached hydrogens (tertiary/aromatic N) is 1. The van der Waals surface area contributed by atoms with Gasteiger partial charge in [0.05, 0.1) is 6.04 Å². The summed E-state index contributed by atoms with van der Waals surface area (Å²) < 4.78 is 0. The Morgan fingerprint density at radius 1 is 1.30 bits per heavy atom. The number of fused-ring (bicyclic) bond motifs is 1. The molecule has 1 saturated heterocycles. The zero-order valence-corrected chi connectivity index (χ0v) is 13.7. The van der Waals surface area contributed by atoms with Gasteiger partial charge in [-0.05, 0) is 39.3 Å². The van der Waals surface area contributed by atoms with E-state index in [4.69, 9.17) is 0 Å². The number of benzene rings is 1. The molecule has 2 unspecified atom stereocenters. The Morgan fingerprint density at radius 2 is 2.04 bits per heavy atom. The van der Waals surface area contributed by atoms with Gasteiger partial charge in [0.1, 0.15) is 6.23 Å². The van der Waals surface area contributed by atoms with Crippen LogP contribution in [0.15, 0.2) is 18.2 Å². The number of anilines is 1. The highest BCUT2D eigenvalue weighted by Gasteiger charge is 2.39. The number of piperidine rings is 1. The van der Waals surface area contributed by atoms with Crippen LogP contribution >= 0.6 is 0 Å². The molecule has 6 heteroatoms. The number of aliphatic hydroxyl groups is 1. The van der Waals surface area contributed by atoms with Gasteiger partial charge in [-0.1, -0.05) is 6.07 Å². The number of rotatable bonds is 2. The number of hydrogen-bond donors (Lipinski definition) is 3. The molecule has 0 spiro atoms. The van der Waals surface area contributed by atoms with E-state index < -0.39 is 6.23 Å². The minimum atomic E-state index is -1.01. The second-order valence-electron chi connectivity index (χ2n) is 7.26. The molecule has 2 atom stereocenters. The Balaban J connectivity index is 1.87. The van der Waals surface area contributed by atoms with Crippen molar-refractivity contribution < 1.29 is 14.7 Å². The van der Waals surface area contributed by atoms with Gasteiger partial charge in [0.15, 0.2) is 0 Å². The van der Waals surface area contributed by atoms with Crippen LogP contribution in [0.25, 0.3) is 0 Å². The molecule has 1 aromatic rings. The third-order valence-corrected chi connectivity index (χ3v) is 4.25. The van der Waals surface area contributed by atoms with Crippen LogP contribution in [0.4, 0.5) is 5.69 Å². The Hall–Kier alpha value is -2.08. The molecule has 2 aliphatic rings. The SMILES string of the molecule is CC(C)(C)Nc1cccc2c1CN(C1CCC(=O)NC1O)C2=O. The van der Waals surface area contributed by atoms with Crippen LogP contribution in [0, 0.1) is 0 Å². The van der Waals surface area contributed by atoms with Crippen LogP contribution in [0.3, 0.4) is 0 Å². The largest absolute Gasteiger partial charge is 0.380 e. The van der Waals surface area contributed by atoms with Crippen LogP contribution in [0.2, 0.25) is 0 Å². The van der Waals surface area contributed by atoms with Crippen molar-refractivity contribution in [2.45, 2.75) is 58.0 Å². The summed E-state index contributed by atoms with van der Waals surface area (Å²) in [5.74, 6) is -0.259. The summed E-state index contributed by atoms with van der Waals surface area (Å²) in [6.45, 7) is 6.66. The molecular weight excluding hydrogens is 294 g/mol. The Bertz CT molecular complexity index is 651. The molecule has 2 aliphatic heterocycles. The summed E-state index contributed by atoms with van der Waals surface area (Å²) in [5, 5.41) is 16.1. The quantitative estimate of drug-likeness (QED) is 0.771. The zero-order chi connectivity index (χ0) is 16.8. The minimum Gasteiger partial charge on any atom is -0.380 e. The van der Waals surface area contributed by atoms with Gasteiger partial charge in [0.2, 0.25) is 5.91 Å². The molecule has 3 rings (SSSR count). The van der Waals surface area contributed by atoms with E-state index in [0.29, 0.717) is 24.9 Å². The van der Waals surface area contributed by atoms with Gasteiger partial charge in [0, 0.05) is 35.3 Å². The average molecular weight is 317 g/mol. The third-order valence-electron chi connectivity index (χ3n) is 4.25. The van der Waals surface area contributed by atoms with E-state index >= 15 is 0 Å². The zero-order valence-electron chi connectivity index (χ0n) is 13.7. The normalized spacial score (nSPS) is 24.4. The molecule has 1 aromatic carbocycles. The van der Waals surface area contributed by atoms with Crippen molar-refractivity contribution in [2.24, 2.45) is 0 Å². The fourth-order valence-electron chi connectivity index (χ4n) is 3.24. The first-order chi connectivity index (χ1) is 10.8. The van der Waals surface area contributed by atoms with Gasteiger partial charge in [-0.2, -0.15) is 0 Å². The lowest BCUT2D eigenvalue weighted by molar-refractivity contribution is -0.129. The summed E-state index contributed by atoms with van der Waals surface area (Å²) in [4.78, 5) is 25.7.